The van der Waals surface area contributed by atoms with Gasteiger partial charge in [-0.25, -0.2) is 9.97 Å². The maximum atomic E-state index is 13.3. The molecule has 2 aromatic heterocycles. The number of nitrogens with one attached hydrogen (secondary N) is 5. The number of aromatic amines is 2. The second-order valence-electron chi connectivity index (χ2n) is 8.55. The summed E-state index contributed by atoms with van der Waals surface area (Å²) < 4.78 is 0. The number of hydrogen-bond acceptors (Lipinski definition) is 7. The molecule has 0 saturated carbocycles. The quantitative estimate of drug-likeness (QED) is 0.152. The molecule has 0 fully saturated rings. The largest absolute Gasteiger partial charge is 0.480 e. The lowest BCUT2D eigenvalue weighted by molar-refractivity contribution is -0.141. The number of carboxylic acid groups (broad SMARTS) is 1. The number of amides is 3. The summed E-state index contributed by atoms with van der Waals surface area (Å²) in [5.74, 6) is -3.13. The van der Waals surface area contributed by atoms with Crippen molar-refractivity contribution in [3.63, 3.8) is 0 Å². The topological polar surface area (TPSA) is 208 Å². The van der Waals surface area contributed by atoms with Crippen molar-refractivity contribution in [1.82, 2.24) is 35.9 Å². The van der Waals surface area contributed by atoms with Gasteiger partial charge in [0.2, 0.25) is 17.7 Å². The first-order chi connectivity index (χ1) is 17.7. The highest BCUT2D eigenvalue weighted by atomic mass is 16.4. The van der Waals surface area contributed by atoms with Gasteiger partial charge in [0.25, 0.3) is 0 Å². The average Bonchev–Trinajstić information content (AvgIpc) is 3.58. The van der Waals surface area contributed by atoms with Crippen molar-refractivity contribution in [2.75, 3.05) is 0 Å². The van der Waals surface area contributed by atoms with Crippen LogP contribution in [0, 0.1) is 0 Å². The van der Waals surface area contributed by atoms with Crippen molar-refractivity contribution in [2.24, 2.45) is 5.73 Å². The second-order valence-corrected chi connectivity index (χ2v) is 8.55. The highest BCUT2D eigenvalue weighted by molar-refractivity contribution is 5.94. The van der Waals surface area contributed by atoms with Gasteiger partial charge in [-0.1, -0.05) is 30.3 Å². The van der Waals surface area contributed by atoms with Crippen LogP contribution in [0.4, 0.5) is 0 Å². The average molecular weight is 511 g/mol. The van der Waals surface area contributed by atoms with Crippen LogP contribution in [-0.2, 0) is 38.4 Å². The number of carbonyl (C=O) groups is 4. The van der Waals surface area contributed by atoms with Gasteiger partial charge < -0.3 is 36.8 Å². The molecule has 0 aliphatic rings. The summed E-state index contributed by atoms with van der Waals surface area (Å²) in [6, 6.07) is 4.89. The van der Waals surface area contributed by atoms with Crippen LogP contribution in [-0.4, -0.2) is 72.9 Å². The van der Waals surface area contributed by atoms with Gasteiger partial charge in [-0.3, -0.25) is 19.2 Å². The third kappa shape index (κ3) is 8.28. The number of rotatable bonds is 13. The molecule has 3 rings (SSSR count). The molecule has 3 aromatic rings. The van der Waals surface area contributed by atoms with Gasteiger partial charge in [0.05, 0.1) is 18.7 Å². The van der Waals surface area contributed by atoms with Crippen molar-refractivity contribution >= 4 is 23.7 Å². The van der Waals surface area contributed by atoms with E-state index in [1.165, 1.54) is 32.0 Å². The van der Waals surface area contributed by atoms with E-state index >= 15 is 0 Å². The number of hydrogen-bond donors (Lipinski definition) is 7. The molecular formula is C24H30N8O5. The smallest absolute Gasteiger partial charge is 0.325 e. The van der Waals surface area contributed by atoms with Crippen LogP contribution in [0.5, 0.6) is 0 Å². The Morgan fingerprint density at radius 3 is 1.84 bits per heavy atom. The normalized spacial score (nSPS) is 14.1. The standard InChI is InChI=1S/C24H30N8O5/c1-14(24(36)37)30-22(34)19(8-16-10-26-12-28-16)32-23(35)20(9-17-11-27-13-29-17)31-21(33)18(25)7-15-5-3-2-4-6-15/h2-6,10-14,18-20H,7-9,25H2,1H3,(H,26,28)(H,27,29)(H,30,34)(H,31,33)(H,32,35)(H,36,37). The van der Waals surface area contributed by atoms with Crippen molar-refractivity contribution in [3.05, 3.63) is 72.3 Å². The van der Waals surface area contributed by atoms with Crippen LogP contribution in [0.2, 0.25) is 0 Å². The first-order valence-corrected chi connectivity index (χ1v) is 11.6. The summed E-state index contributed by atoms with van der Waals surface area (Å²) >= 11 is 0. The predicted octanol–water partition coefficient (Wildman–Crippen LogP) is -0.953. The fourth-order valence-corrected chi connectivity index (χ4v) is 3.54. The molecule has 13 heteroatoms. The van der Waals surface area contributed by atoms with Crippen molar-refractivity contribution in [1.29, 1.82) is 0 Å². The molecular weight excluding hydrogens is 480 g/mol. The molecule has 13 nitrogen and oxygen atoms in total. The highest BCUT2D eigenvalue weighted by Gasteiger charge is 2.30. The molecule has 0 aliphatic carbocycles. The zero-order valence-corrected chi connectivity index (χ0v) is 20.2. The summed E-state index contributed by atoms with van der Waals surface area (Å²) in [6.45, 7) is 1.31. The van der Waals surface area contributed by atoms with E-state index in [0.717, 1.165) is 5.56 Å². The third-order valence-electron chi connectivity index (χ3n) is 5.59. The first-order valence-electron chi connectivity index (χ1n) is 11.6. The lowest BCUT2D eigenvalue weighted by Crippen LogP contribution is -2.58. The molecule has 4 atom stereocenters. The maximum Gasteiger partial charge on any atom is 0.325 e. The van der Waals surface area contributed by atoms with Gasteiger partial charge >= 0.3 is 5.97 Å². The molecule has 0 aliphatic heterocycles. The Morgan fingerprint density at radius 1 is 0.838 bits per heavy atom. The number of benzene rings is 1. The van der Waals surface area contributed by atoms with E-state index in [1.54, 1.807) is 0 Å². The van der Waals surface area contributed by atoms with Crippen LogP contribution in [0.25, 0.3) is 0 Å². The fraction of sp³-hybridized carbons (Fsp3) is 0.333. The van der Waals surface area contributed by atoms with E-state index in [9.17, 15) is 19.2 Å². The number of carboxylic acids is 1. The molecule has 0 saturated heterocycles. The van der Waals surface area contributed by atoms with Crippen LogP contribution in [0.3, 0.4) is 0 Å². The summed E-state index contributed by atoms with van der Waals surface area (Å²) in [4.78, 5) is 63.8. The number of nitrogens with two attached hydrogens (primary N) is 1. The van der Waals surface area contributed by atoms with E-state index < -0.39 is 47.9 Å². The summed E-state index contributed by atoms with van der Waals surface area (Å²) in [5, 5.41) is 16.8. The molecule has 2 heterocycles. The monoisotopic (exact) mass is 510 g/mol. The lowest BCUT2D eigenvalue weighted by atomic mass is 10.0. The molecule has 196 valence electrons. The minimum Gasteiger partial charge on any atom is -0.480 e. The molecule has 1 aromatic carbocycles. The number of aromatic nitrogens is 4. The van der Waals surface area contributed by atoms with Crippen molar-refractivity contribution in [3.8, 4) is 0 Å². The zero-order chi connectivity index (χ0) is 26.8. The summed E-state index contributed by atoms with van der Waals surface area (Å²) in [7, 11) is 0. The van der Waals surface area contributed by atoms with E-state index in [1.807, 2.05) is 30.3 Å². The maximum absolute atomic E-state index is 13.3. The molecule has 0 spiro atoms. The molecule has 8 N–H and O–H groups in total. The van der Waals surface area contributed by atoms with Crippen LogP contribution >= 0.6 is 0 Å². The Labute approximate surface area is 212 Å². The molecule has 4 unspecified atom stereocenters. The minimum atomic E-state index is -1.23. The molecule has 0 bridgehead atoms. The van der Waals surface area contributed by atoms with Crippen molar-refractivity contribution < 1.29 is 24.3 Å². The SMILES string of the molecule is CC(NC(=O)C(Cc1cnc[nH]1)NC(=O)C(Cc1cnc[nH]1)NC(=O)C(N)Cc1ccccc1)C(=O)O. The zero-order valence-electron chi connectivity index (χ0n) is 20.2. The van der Waals surface area contributed by atoms with E-state index in [2.05, 4.69) is 35.9 Å². The third-order valence-corrected chi connectivity index (χ3v) is 5.59. The summed E-state index contributed by atoms with van der Waals surface area (Å²) in [6.07, 6.45) is 6.19. The van der Waals surface area contributed by atoms with Gasteiger partial charge in [0, 0.05) is 36.6 Å². The van der Waals surface area contributed by atoms with Gasteiger partial charge in [0.1, 0.15) is 18.1 Å². The predicted molar refractivity (Wildman–Crippen MR) is 132 cm³/mol. The molecule has 0 radical (unpaired) electrons. The first kappa shape index (κ1) is 27.1. The number of carbonyl (C=O) groups excluding carboxylic acids is 3. The Morgan fingerprint density at radius 2 is 1.35 bits per heavy atom. The van der Waals surface area contributed by atoms with E-state index in [0.29, 0.717) is 11.4 Å². The van der Waals surface area contributed by atoms with E-state index in [-0.39, 0.29) is 19.3 Å². The van der Waals surface area contributed by atoms with Crippen LogP contribution in [0.15, 0.2) is 55.4 Å². The number of aliphatic carboxylic acids is 1. The Hall–Kier alpha value is -4.52. The van der Waals surface area contributed by atoms with Gasteiger partial charge in [0.15, 0.2) is 0 Å². The van der Waals surface area contributed by atoms with E-state index in [4.69, 9.17) is 10.8 Å². The van der Waals surface area contributed by atoms with Gasteiger partial charge in [-0.2, -0.15) is 0 Å². The minimum absolute atomic E-state index is 0.0160. The second kappa shape index (κ2) is 13.0. The molecule has 3 amide bonds. The number of imidazole rings is 2. The summed E-state index contributed by atoms with van der Waals surface area (Å²) in [5.41, 5.74) is 8.08. The van der Waals surface area contributed by atoms with Gasteiger partial charge in [-0.05, 0) is 18.9 Å². The highest BCUT2D eigenvalue weighted by Crippen LogP contribution is 2.06. The lowest BCUT2D eigenvalue weighted by Gasteiger charge is -2.24. The number of nitrogens with zero attached hydrogens (tertiary/aromatic N) is 2. The van der Waals surface area contributed by atoms with Crippen LogP contribution in [0.1, 0.15) is 23.9 Å². The molecule has 37 heavy (non-hydrogen) atoms. The van der Waals surface area contributed by atoms with Gasteiger partial charge in [-0.15, -0.1) is 0 Å². The van der Waals surface area contributed by atoms with Crippen LogP contribution < -0.4 is 21.7 Å². The Kier molecular flexibility index (Phi) is 9.49. The number of H-pyrrole nitrogens is 2. The van der Waals surface area contributed by atoms with Crippen molar-refractivity contribution in [2.45, 2.75) is 50.4 Å². The Balaban J connectivity index is 1.74. The fourth-order valence-electron chi connectivity index (χ4n) is 3.54. The Bertz CT molecular complexity index is 1170.